The Balaban J connectivity index is 1.84. The third-order valence-electron chi connectivity index (χ3n) is 3.01. The van der Waals surface area contributed by atoms with Crippen molar-refractivity contribution in [3.8, 4) is 0 Å². The lowest BCUT2D eigenvalue weighted by Crippen LogP contribution is -2.27. The van der Waals surface area contributed by atoms with Gasteiger partial charge < -0.3 is 15.0 Å². The Morgan fingerprint density at radius 3 is 2.95 bits per heavy atom. The number of nitrogens with two attached hydrogens (primary N) is 1. The molecular formula is C11H17N3O4S. The molecular weight excluding hydrogens is 270 g/mol. The minimum atomic E-state index is -3.78. The summed E-state index contributed by atoms with van der Waals surface area (Å²) >= 11 is 0. The van der Waals surface area contributed by atoms with Crippen molar-refractivity contribution in [3.05, 3.63) is 18.0 Å². The van der Waals surface area contributed by atoms with E-state index in [1.165, 1.54) is 12.3 Å². The number of hydrogen-bond acceptors (Lipinski definition) is 4. The van der Waals surface area contributed by atoms with Crippen LogP contribution in [-0.4, -0.2) is 38.6 Å². The zero-order chi connectivity index (χ0) is 13.9. The van der Waals surface area contributed by atoms with Crippen LogP contribution < -0.4 is 10.5 Å². The highest BCUT2D eigenvalue weighted by Crippen LogP contribution is 2.14. The quantitative estimate of drug-likeness (QED) is 0.705. The molecule has 1 unspecified atom stereocenters. The van der Waals surface area contributed by atoms with Crippen molar-refractivity contribution in [3.63, 3.8) is 0 Å². The molecule has 1 saturated heterocycles. The van der Waals surface area contributed by atoms with Crippen LogP contribution in [0.5, 0.6) is 0 Å². The van der Waals surface area contributed by atoms with Crippen molar-refractivity contribution in [2.24, 2.45) is 5.14 Å². The molecule has 1 aliphatic heterocycles. The number of ether oxygens (including phenoxy) is 1. The monoisotopic (exact) mass is 287 g/mol. The molecule has 0 radical (unpaired) electrons. The molecule has 8 heteroatoms. The fourth-order valence-electron chi connectivity index (χ4n) is 1.98. The van der Waals surface area contributed by atoms with Crippen LogP contribution in [0.4, 0.5) is 0 Å². The number of aromatic nitrogens is 1. The molecule has 7 nitrogen and oxygen atoms in total. The molecule has 0 saturated carbocycles. The predicted molar refractivity (Wildman–Crippen MR) is 68.1 cm³/mol. The van der Waals surface area contributed by atoms with E-state index in [0.29, 0.717) is 6.54 Å². The molecule has 1 atom stereocenters. The molecule has 0 spiro atoms. The third-order valence-corrected chi connectivity index (χ3v) is 3.90. The van der Waals surface area contributed by atoms with E-state index in [0.717, 1.165) is 25.9 Å². The van der Waals surface area contributed by atoms with E-state index >= 15 is 0 Å². The van der Waals surface area contributed by atoms with Crippen LogP contribution in [0.1, 0.15) is 29.8 Å². The van der Waals surface area contributed by atoms with E-state index in [-0.39, 0.29) is 22.6 Å². The van der Waals surface area contributed by atoms with Crippen LogP contribution >= 0.6 is 0 Å². The molecule has 1 aromatic rings. The highest BCUT2D eigenvalue weighted by Gasteiger charge is 2.17. The fraction of sp³-hybridized carbons (Fsp3) is 0.545. The van der Waals surface area contributed by atoms with Gasteiger partial charge in [-0.25, -0.2) is 13.6 Å². The maximum atomic E-state index is 11.7. The predicted octanol–water partition coefficient (Wildman–Crippen LogP) is -0.0390. The van der Waals surface area contributed by atoms with Gasteiger partial charge in [0.05, 0.1) is 11.0 Å². The summed E-state index contributed by atoms with van der Waals surface area (Å²) in [7, 11) is -3.78. The average Bonchev–Trinajstić information content (AvgIpc) is 2.99. The van der Waals surface area contributed by atoms with Gasteiger partial charge in [0.2, 0.25) is 10.0 Å². The van der Waals surface area contributed by atoms with Crippen LogP contribution in [0.15, 0.2) is 17.2 Å². The molecule has 19 heavy (non-hydrogen) atoms. The van der Waals surface area contributed by atoms with E-state index in [1.807, 2.05) is 0 Å². The number of amides is 1. The zero-order valence-corrected chi connectivity index (χ0v) is 11.2. The van der Waals surface area contributed by atoms with Gasteiger partial charge in [-0.3, -0.25) is 4.79 Å². The van der Waals surface area contributed by atoms with Crippen molar-refractivity contribution >= 4 is 15.9 Å². The van der Waals surface area contributed by atoms with Gasteiger partial charge in [-0.15, -0.1) is 0 Å². The first-order valence-corrected chi connectivity index (χ1v) is 7.62. The molecule has 0 bridgehead atoms. The van der Waals surface area contributed by atoms with Gasteiger partial charge in [0, 0.05) is 19.3 Å². The Morgan fingerprint density at radius 1 is 1.58 bits per heavy atom. The lowest BCUT2D eigenvalue weighted by molar-refractivity contribution is 0.0903. The zero-order valence-electron chi connectivity index (χ0n) is 10.4. The summed E-state index contributed by atoms with van der Waals surface area (Å²) < 4.78 is 27.6. The Hall–Kier alpha value is -1.38. The van der Waals surface area contributed by atoms with E-state index in [9.17, 15) is 13.2 Å². The number of H-pyrrole nitrogens is 1. The molecule has 4 N–H and O–H groups in total. The first-order chi connectivity index (χ1) is 8.97. The molecule has 0 aliphatic carbocycles. The number of nitrogens with one attached hydrogen (secondary N) is 2. The molecule has 1 aliphatic rings. The highest BCUT2D eigenvalue weighted by atomic mass is 32.2. The van der Waals surface area contributed by atoms with Gasteiger partial charge in [0.25, 0.3) is 5.91 Å². The molecule has 2 rings (SSSR count). The number of primary sulfonamides is 1. The van der Waals surface area contributed by atoms with Gasteiger partial charge in [0.15, 0.2) is 0 Å². The summed E-state index contributed by atoms with van der Waals surface area (Å²) in [6.45, 7) is 1.28. The van der Waals surface area contributed by atoms with Crippen molar-refractivity contribution < 1.29 is 17.9 Å². The van der Waals surface area contributed by atoms with Crippen LogP contribution in [0.3, 0.4) is 0 Å². The van der Waals surface area contributed by atoms with E-state index in [1.54, 1.807) is 0 Å². The van der Waals surface area contributed by atoms with Gasteiger partial charge >= 0.3 is 0 Å². The Morgan fingerprint density at radius 2 is 2.37 bits per heavy atom. The summed E-state index contributed by atoms with van der Waals surface area (Å²) in [6.07, 6.45) is 4.25. The van der Waals surface area contributed by atoms with Gasteiger partial charge in [-0.05, 0) is 25.3 Å². The SMILES string of the molecule is NS(=O)(=O)c1c[nH]c(C(=O)NCCC2CCCO2)c1. The summed E-state index contributed by atoms with van der Waals surface area (Å²) in [5.74, 6) is -0.354. The standard InChI is InChI=1S/C11H17N3O4S/c12-19(16,17)9-6-10(14-7-9)11(15)13-4-3-8-2-1-5-18-8/h6-8,14H,1-5H2,(H,13,15)(H2,12,16,17). The first-order valence-electron chi connectivity index (χ1n) is 6.08. The third kappa shape index (κ3) is 3.79. The molecule has 1 fully saturated rings. The molecule has 2 heterocycles. The minimum absolute atomic E-state index is 0.100. The van der Waals surface area contributed by atoms with E-state index in [4.69, 9.17) is 9.88 Å². The summed E-state index contributed by atoms with van der Waals surface area (Å²) in [5.41, 5.74) is 0.177. The summed E-state index contributed by atoms with van der Waals surface area (Å²) in [6, 6.07) is 1.22. The second-order valence-electron chi connectivity index (χ2n) is 4.47. The van der Waals surface area contributed by atoms with Crippen molar-refractivity contribution in [1.29, 1.82) is 0 Å². The lowest BCUT2D eigenvalue weighted by Gasteiger charge is -2.09. The van der Waals surface area contributed by atoms with Crippen molar-refractivity contribution in [2.45, 2.75) is 30.3 Å². The van der Waals surface area contributed by atoms with Crippen LogP contribution in [0, 0.1) is 0 Å². The van der Waals surface area contributed by atoms with Crippen molar-refractivity contribution in [2.75, 3.05) is 13.2 Å². The lowest BCUT2D eigenvalue weighted by atomic mass is 10.2. The Labute approximate surface area is 111 Å². The fourth-order valence-corrected chi connectivity index (χ4v) is 2.49. The van der Waals surface area contributed by atoms with Gasteiger partial charge in [0.1, 0.15) is 5.69 Å². The largest absolute Gasteiger partial charge is 0.378 e. The Bertz CT molecular complexity index is 546. The Kier molecular flexibility index (Phi) is 4.23. The summed E-state index contributed by atoms with van der Waals surface area (Å²) in [4.78, 5) is 14.2. The average molecular weight is 287 g/mol. The molecule has 1 aromatic heterocycles. The molecule has 1 amide bonds. The van der Waals surface area contributed by atoms with Gasteiger partial charge in [-0.2, -0.15) is 0 Å². The first kappa shape index (κ1) is 14.0. The second kappa shape index (κ2) is 5.72. The maximum Gasteiger partial charge on any atom is 0.267 e. The number of hydrogen-bond donors (Lipinski definition) is 3. The number of rotatable bonds is 5. The number of aromatic amines is 1. The topological polar surface area (TPSA) is 114 Å². The maximum absolute atomic E-state index is 11.7. The smallest absolute Gasteiger partial charge is 0.267 e. The van der Waals surface area contributed by atoms with E-state index in [2.05, 4.69) is 10.3 Å². The van der Waals surface area contributed by atoms with Crippen LogP contribution in [0.25, 0.3) is 0 Å². The van der Waals surface area contributed by atoms with E-state index < -0.39 is 10.0 Å². The number of carbonyl (C=O) groups is 1. The van der Waals surface area contributed by atoms with Crippen LogP contribution in [-0.2, 0) is 14.8 Å². The van der Waals surface area contributed by atoms with Crippen molar-refractivity contribution in [1.82, 2.24) is 10.3 Å². The summed E-state index contributed by atoms with van der Waals surface area (Å²) in [5, 5.41) is 7.66. The number of sulfonamides is 1. The highest BCUT2D eigenvalue weighted by molar-refractivity contribution is 7.89. The normalized spacial score (nSPS) is 19.5. The minimum Gasteiger partial charge on any atom is -0.378 e. The van der Waals surface area contributed by atoms with Gasteiger partial charge in [-0.1, -0.05) is 0 Å². The number of carbonyl (C=O) groups excluding carboxylic acids is 1. The molecule has 0 aromatic carbocycles. The molecule has 106 valence electrons. The second-order valence-corrected chi connectivity index (χ2v) is 6.04. The van der Waals surface area contributed by atoms with Crippen LogP contribution in [0.2, 0.25) is 0 Å².